The van der Waals surface area contributed by atoms with E-state index in [1.165, 1.54) is 5.39 Å². The highest BCUT2D eigenvalue weighted by atomic mass is 16.1. The van der Waals surface area contributed by atoms with Gasteiger partial charge in [0.15, 0.2) is 5.78 Å². The summed E-state index contributed by atoms with van der Waals surface area (Å²) in [6, 6.07) is 14.0. The first-order valence-corrected chi connectivity index (χ1v) is 6.43. The molecule has 2 aromatic carbocycles. The number of carbonyl (C=O) groups excluding carboxylic acids is 1. The van der Waals surface area contributed by atoms with Crippen LogP contribution in [0.2, 0.25) is 0 Å². The molecular formula is C16H19NO. The van der Waals surface area contributed by atoms with Gasteiger partial charge in [-0.25, -0.2) is 0 Å². The summed E-state index contributed by atoms with van der Waals surface area (Å²) in [6.45, 7) is 2.72. The van der Waals surface area contributed by atoms with Gasteiger partial charge in [-0.2, -0.15) is 0 Å². The van der Waals surface area contributed by atoms with Crippen molar-refractivity contribution in [1.82, 2.24) is 0 Å². The molecule has 0 bridgehead atoms. The first-order chi connectivity index (χ1) is 8.70. The van der Waals surface area contributed by atoms with Gasteiger partial charge in [-0.05, 0) is 35.7 Å². The Morgan fingerprint density at radius 1 is 1.17 bits per heavy atom. The van der Waals surface area contributed by atoms with Crippen LogP contribution >= 0.6 is 0 Å². The summed E-state index contributed by atoms with van der Waals surface area (Å²) < 4.78 is 0. The third-order valence-electron chi connectivity index (χ3n) is 3.34. The minimum Gasteiger partial charge on any atom is -0.330 e. The first-order valence-electron chi connectivity index (χ1n) is 6.43. The van der Waals surface area contributed by atoms with Gasteiger partial charge in [-0.15, -0.1) is 0 Å². The Morgan fingerprint density at radius 3 is 2.61 bits per heavy atom. The number of Topliss-reactive ketones (excluding diaryl/α,β-unsaturated/α-hetero) is 1. The second kappa shape index (κ2) is 5.78. The molecule has 2 nitrogen and oxygen atoms in total. The Morgan fingerprint density at radius 2 is 1.89 bits per heavy atom. The van der Waals surface area contributed by atoms with Gasteiger partial charge in [0.05, 0.1) is 0 Å². The van der Waals surface area contributed by atoms with E-state index in [9.17, 15) is 4.79 Å². The minimum atomic E-state index is 0.209. The Bertz CT molecular complexity index is 548. The molecule has 1 unspecified atom stereocenters. The zero-order valence-corrected chi connectivity index (χ0v) is 10.7. The van der Waals surface area contributed by atoms with E-state index in [-0.39, 0.29) is 5.78 Å². The fraction of sp³-hybridized carbons (Fsp3) is 0.312. The maximum absolute atomic E-state index is 12.1. The van der Waals surface area contributed by atoms with Crippen molar-refractivity contribution in [2.45, 2.75) is 19.8 Å². The average Bonchev–Trinajstić information content (AvgIpc) is 2.43. The number of hydrogen-bond acceptors (Lipinski definition) is 2. The van der Waals surface area contributed by atoms with Gasteiger partial charge < -0.3 is 5.73 Å². The van der Waals surface area contributed by atoms with Crippen molar-refractivity contribution in [3.63, 3.8) is 0 Å². The van der Waals surface area contributed by atoms with Gasteiger partial charge in [0, 0.05) is 12.0 Å². The standard InChI is InChI=1S/C16H19NO/c1-12(11-17)6-9-16(18)15-8-7-13-4-2-3-5-14(13)10-15/h2-5,7-8,10,12H,6,9,11,17H2,1H3. The van der Waals surface area contributed by atoms with Gasteiger partial charge >= 0.3 is 0 Å². The summed E-state index contributed by atoms with van der Waals surface area (Å²) in [4.78, 5) is 12.1. The summed E-state index contributed by atoms with van der Waals surface area (Å²) >= 11 is 0. The first kappa shape index (κ1) is 12.8. The number of rotatable bonds is 5. The van der Waals surface area contributed by atoms with E-state index in [1.54, 1.807) is 0 Å². The Labute approximate surface area is 108 Å². The zero-order valence-electron chi connectivity index (χ0n) is 10.7. The number of benzene rings is 2. The van der Waals surface area contributed by atoms with E-state index >= 15 is 0 Å². The van der Waals surface area contributed by atoms with Gasteiger partial charge in [0.2, 0.25) is 0 Å². The molecule has 18 heavy (non-hydrogen) atoms. The van der Waals surface area contributed by atoms with E-state index in [1.807, 2.05) is 36.4 Å². The van der Waals surface area contributed by atoms with Crippen molar-refractivity contribution in [3.05, 3.63) is 48.0 Å². The monoisotopic (exact) mass is 241 g/mol. The summed E-state index contributed by atoms with van der Waals surface area (Å²) in [6.07, 6.45) is 1.44. The quantitative estimate of drug-likeness (QED) is 0.815. The second-order valence-electron chi connectivity index (χ2n) is 4.86. The summed E-state index contributed by atoms with van der Waals surface area (Å²) in [5.74, 6) is 0.621. The van der Waals surface area contributed by atoms with E-state index < -0.39 is 0 Å². The van der Waals surface area contributed by atoms with Crippen molar-refractivity contribution < 1.29 is 4.79 Å². The lowest BCUT2D eigenvalue weighted by atomic mass is 9.98. The zero-order chi connectivity index (χ0) is 13.0. The number of hydrogen-bond donors (Lipinski definition) is 1. The third-order valence-corrected chi connectivity index (χ3v) is 3.34. The lowest BCUT2D eigenvalue weighted by Gasteiger charge is -2.07. The van der Waals surface area contributed by atoms with Crippen molar-refractivity contribution in [1.29, 1.82) is 0 Å². The normalized spacial score (nSPS) is 12.6. The fourth-order valence-electron chi connectivity index (χ4n) is 2.00. The fourth-order valence-corrected chi connectivity index (χ4v) is 2.00. The number of carbonyl (C=O) groups is 1. The predicted octanol–water partition coefficient (Wildman–Crippen LogP) is 3.40. The molecule has 2 rings (SSSR count). The molecule has 0 aliphatic rings. The summed E-state index contributed by atoms with van der Waals surface area (Å²) in [5, 5.41) is 2.29. The van der Waals surface area contributed by atoms with Crippen molar-refractivity contribution in [3.8, 4) is 0 Å². The minimum absolute atomic E-state index is 0.209. The molecule has 2 N–H and O–H groups in total. The van der Waals surface area contributed by atoms with Gasteiger partial charge in [-0.3, -0.25) is 4.79 Å². The van der Waals surface area contributed by atoms with Crippen LogP contribution in [0.15, 0.2) is 42.5 Å². The molecule has 0 amide bonds. The molecule has 0 heterocycles. The molecule has 94 valence electrons. The molecule has 0 aromatic heterocycles. The predicted molar refractivity (Wildman–Crippen MR) is 75.7 cm³/mol. The number of ketones is 1. The van der Waals surface area contributed by atoms with Crippen LogP contribution in [0.25, 0.3) is 10.8 Å². The Kier molecular flexibility index (Phi) is 4.11. The van der Waals surface area contributed by atoms with Crippen LogP contribution in [-0.4, -0.2) is 12.3 Å². The smallest absolute Gasteiger partial charge is 0.162 e. The van der Waals surface area contributed by atoms with Crippen molar-refractivity contribution >= 4 is 16.6 Å². The van der Waals surface area contributed by atoms with Crippen LogP contribution in [-0.2, 0) is 0 Å². The van der Waals surface area contributed by atoms with Crippen LogP contribution in [0.5, 0.6) is 0 Å². The third kappa shape index (κ3) is 2.96. The van der Waals surface area contributed by atoms with Crippen LogP contribution in [0.3, 0.4) is 0 Å². The molecule has 0 saturated carbocycles. The molecule has 2 heteroatoms. The lowest BCUT2D eigenvalue weighted by molar-refractivity contribution is 0.0975. The largest absolute Gasteiger partial charge is 0.330 e. The number of fused-ring (bicyclic) bond motifs is 1. The molecule has 1 atom stereocenters. The van der Waals surface area contributed by atoms with Gasteiger partial charge in [-0.1, -0.05) is 43.3 Å². The van der Waals surface area contributed by atoms with Gasteiger partial charge in [0.1, 0.15) is 0 Å². The van der Waals surface area contributed by atoms with Crippen LogP contribution in [0.4, 0.5) is 0 Å². The average molecular weight is 241 g/mol. The second-order valence-corrected chi connectivity index (χ2v) is 4.86. The Hall–Kier alpha value is -1.67. The molecule has 0 fully saturated rings. The van der Waals surface area contributed by atoms with Crippen LogP contribution in [0, 0.1) is 5.92 Å². The van der Waals surface area contributed by atoms with Crippen LogP contribution in [0.1, 0.15) is 30.1 Å². The van der Waals surface area contributed by atoms with Crippen molar-refractivity contribution in [2.75, 3.05) is 6.54 Å². The topological polar surface area (TPSA) is 43.1 Å². The van der Waals surface area contributed by atoms with E-state index in [2.05, 4.69) is 13.0 Å². The highest BCUT2D eigenvalue weighted by Crippen LogP contribution is 2.17. The Balaban J connectivity index is 2.13. The summed E-state index contributed by atoms with van der Waals surface area (Å²) in [7, 11) is 0. The summed E-state index contributed by atoms with van der Waals surface area (Å²) in [5.41, 5.74) is 6.36. The van der Waals surface area contributed by atoms with Crippen LogP contribution < -0.4 is 5.73 Å². The molecular weight excluding hydrogens is 222 g/mol. The molecule has 2 aromatic rings. The SMILES string of the molecule is CC(CN)CCC(=O)c1ccc2ccccc2c1. The molecule has 0 aliphatic carbocycles. The highest BCUT2D eigenvalue weighted by Gasteiger charge is 2.08. The lowest BCUT2D eigenvalue weighted by Crippen LogP contribution is -2.12. The van der Waals surface area contributed by atoms with Crippen molar-refractivity contribution in [2.24, 2.45) is 11.7 Å². The maximum Gasteiger partial charge on any atom is 0.162 e. The highest BCUT2D eigenvalue weighted by molar-refractivity contribution is 5.99. The molecule has 0 radical (unpaired) electrons. The maximum atomic E-state index is 12.1. The molecule has 0 saturated heterocycles. The van der Waals surface area contributed by atoms with E-state index in [0.717, 1.165) is 17.4 Å². The van der Waals surface area contributed by atoms with E-state index in [4.69, 9.17) is 5.73 Å². The number of nitrogens with two attached hydrogens (primary N) is 1. The molecule has 0 spiro atoms. The van der Waals surface area contributed by atoms with Gasteiger partial charge in [0.25, 0.3) is 0 Å². The van der Waals surface area contributed by atoms with E-state index in [0.29, 0.717) is 18.9 Å². The molecule has 0 aliphatic heterocycles.